The number of nitrogens with zero attached hydrogens (tertiary/aromatic N) is 5. The Bertz CT molecular complexity index is 788. The molecule has 0 aliphatic carbocycles. The van der Waals surface area contributed by atoms with E-state index in [4.69, 9.17) is 5.73 Å². The number of nitro groups is 1. The first kappa shape index (κ1) is 15.8. The molecule has 0 spiro atoms. The van der Waals surface area contributed by atoms with Crippen molar-refractivity contribution in [2.75, 3.05) is 18.0 Å². The number of aromatic amines is 1. The normalized spacial score (nSPS) is 17.7. The van der Waals surface area contributed by atoms with Crippen molar-refractivity contribution in [3.8, 4) is 0 Å². The fraction of sp³-hybridized carbons (Fsp3) is 0.429. The van der Waals surface area contributed by atoms with Crippen LogP contribution in [-0.2, 0) is 0 Å². The molecule has 1 amide bonds. The predicted molar refractivity (Wildman–Crippen MR) is 84.7 cm³/mol. The van der Waals surface area contributed by atoms with Crippen molar-refractivity contribution in [2.24, 2.45) is 5.73 Å². The van der Waals surface area contributed by atoms with Gasteiger partial charge in [0.05, 0.1) is 10.5 Å². The molecule has 1 unspecified atom stereocenters. The van der Waals surface area contributed by atoms with Crippen LogP contribution in [0.4, 0.5) is 11.5 Å². The van der Waals surface area contributed by atoms with Crippen molar-refractivity contribution in [1.29, 1.82) is 0 Å². The third kappa shape index (κ3) is 3.03. The Hall–Kier alpha value is -3.04. The number of carbonyl (C=O) groups is 1. The van der Waals surface area contributed by atoms with Gasteiger partial charge in [-0.2, -0.15) is 5.10 Å². The second kappa shape index (κ2) is 6.22. The molecule has 2 aromatic heterocycles. The molecular weight excluding hydrogens is 314 g/mol. The van der Waals surface area contributed by atoms with Gasteiger partial charge in [-0.15, -0.1) is 0 Å². The summed E-state index contributed by atoms with van der Waals surface area (Å²) in [7, 11) is 0. The molecule has 1 atom stereocenters. The molecule has 1 saturated heterocycles. The lowest BCUT2D eigenvalue weighted by atomic mass is 9.97. The van der Waals surface area contributed by atoms with Crippen molar-refractivity contribution in [1.82, 2.24) is 20.2 Å². The quantitative estimate of drug-likeness (QED) is 0.625. The van der Waals surface area contributed by atoms with E-state index in [9.17, 15) is 14.9 Å². The van der Waals surface area contributed by atoms with Crippen LogP contribution in [0.25, 0.3) is 0 Å². The zero-order chi connectivity index (χ0) is 17.3. The molecule has 1 aliphatic rings. The smallest absolute Gasteiger partial charge is 0.288 e. The van der Waals surface area contributed by atoms with Gasteiger partial charge in [0.2, 0.25) is 0 Å². The van der Waals surface area contributed by atoms with Gasteiger partial charge in [0.25, 0.3) is 11.6 Å². The van der Waals surface area contributed by atoms with Crippen molar-refractivity contribution < 1.29 is 9.72 Å². The predicted octanol–water partition coefficient (Wildman–Crippen LogP) is 0.899. The second-order valence-electron chi connectivity index (χ2n) is 5.75. The maximum absolute atomic E-state index is 11.7. The number of pyridine rings is 1. The van der Waals surface area contributed by atoms with E-state index in [2.05, 4.69) is 20.2 Å². The number of rotatable bonds is 4. The number of aromatic nitrogens is 4. The van der Waals surface area contributed by atoms with Crippen LogP contribution in [-0.4, -0.2) is 44.1 Å². The first-order valence-electron chi connectivity index (χ1n) is 7.54. The van der Waals surface area contributed by atoms with Crippen molar-refractivity contribution in [3.63, 3.8) is 0 Å². The summed E-state index contributed by atoms with van der Waals surface area (Å²) in [6.07, 6.45) is 2.93. The van der Waals surface area contributed by atoms with Gasteiger partial charge in [0.15, 0.2) is 5.82 Å². The van der Waals surface area contributed by atoms with Gasteiger partial charge < -0.3 is 10.6 Å². The number of nitrogens with one attached hydrogen (secondary N) is 1. The van der Waals surface area contributed by atoms with Crippen LogP contribution in [0, 0.1) is 17.0 Å². The van der Waals surface area contributed by atoms with Crippen LogP contribution in [0.1, 0.15) is 40.8 Å². The number of hydrogen-bond acceptors (Lipinski definition) is 7. The van der Waals surface area contributed by atoms with Gasteiger partial charge in [-0.25, -0.2) is 9.97 Å². The number of aryl methyl sites for hydroxylation is 1. The van der Waals surface area contributed by atoms with E-state index in [-0.39, 0.29) is 17.2 Å². The third-order valence-electron chi connectivity index (χ3n) is 4.03. The number of carbonyl (C=O) groups excluding carboxylic acids is 1. The number of anilines is 1. The van der Waals surface area contributed by atoms with Crippen LogP contribution in [0.5, 0.6) is 0 Å². The number of amides is 1. The Kier molecular flexibility index (Phi) is 4.11. The molecule has 3 heterocycles. The number of hydrogen-bond donors (Lipinski definition) is 2. The Morgan fingerprint density at radius 1 is 1.54 bits per heavy atom. The maximum atomic E-state index is 11.7. The minimum Gasteiger partial charge on any atom is -0.365 e. The maximum Gasteiger partial charge on any atom is 0.288 e. The lowest BCUT2D eigenvalue weighted by Crippen LogP contribution is -2.36. The fourth-order valence-corrected chi connectivity index (χ4v) is 2.90. The van der Waals surface area contributed by atoms with Gasteiger partial charge >= 0.3 is 0 Å². The van der Waals surface area contributed by atoms with Crippen molar-refractivity contribution >= 4 is 17.4 Å². The van der Waals surface area contributed by atoms with Crippen LogP contribution in [0.3, 0.4) is 0 Å². The molecule has 1 fully saturated rings. The number of primary amides is 1. The highest BCUT2D eigenvalue weighted by Gasteiger charge is 2.28. The summed E-state index contributed by atoms with van der Waals surface area (Å²) in [4.78, 5) is 32.4. The first-order valence-corrected chi connectivity index (χ1v) is 7.54. The molecule has 24 heavy (non-hydrogen) atoms. The van der Waals surface area contributed by atoms with E-state index in [1.54, 1.807) is 0 Å². The van der Waals surface area contributed by atoms with E-state index in [0.29, 0.717) is 18.9 Å². The summed E-state index contributed by atoms with van der Waals surface area (Å²) < 4.78 is 0. The SMILES string of the molecule is Cc1nc(C2CCCN(c3ncc([N+](=O)[O-])cc3C(N)=O)C2)n[nH]1. The second-order valence-corrected chi connectivity index (χ2v) is 5.75. The Morgan fingerprint density at radius 3 is 2.96 bits per heavy atom. The van der Waals surface area contributed by atoms with Crippen molar-refractivity contribution in [3.05, 3.63) is 39.6 Å². The topological polar surface area (TPSA) is 144 Å². The molecule has 0 radical (unpaired) electrons. The molecule has 10 nitrogen and oxygen atoms in total. The van der Waals surface area contributed by atoms with E-state index >= 15 is 0 Å². The Morgan fingerprint density at radius 2 is 2.33 bits per heavy atom. The van der Waals surface area contributed by atoms with Gasteiger partial charge in [-0.1, -0.05) is 0 Å². The number of piperidine rings is 1. The molecular formula is C14H17N7O3. The summed E-state index contributed by atoms with van der Waals surface area (Å²) in [6.45, 7) is 3.09. The molecule has 0 saturated carbocycles. The van der Waals surface area contributed by atoms with E-state index < -0.39 is 10.8 Å². The first-order chi connectivity index (χ1) is 11.5. The van der Waals surface area contributed by atoms with E-state index in [1.807, 2.05) is 11.8 Å². The Balaban J connectivity index is 1.90. The van der Waals surface area contributed by atoms with Crippen LogP contribution in [0.2, 0.25) is 0 Å². The van der Waals surface area contributed by atoms with Crippen LogP contribution >= 0.6 is 0 Å². The molecule has 1 aliphatic heterocycles. The lowest BCUT2D eigenvalue weighted by Gasteiger charge is -2.33. The molecule has 10 heteroatoms. The van der Waals surface area contributed by atoms with Gasteiger partial charge in [0, 0.05) is 25.1 Å². The summed E-state index contributed by atoms with van der Waals surface area (Å²) in [5.74, 6) is 1.19. The van der Waals surface area contributed by atoms with Crippen LogP contribution in [0.15, 0.2) is 12.3 Å². The molecule has 3 N–H and O–H groups in total. The van der Waals surface area contributed by atoms with E-state index in [1.165, 1.54) is 6.07 Å². The van der Waals surface area contributed by atoms with Crippen molar-refractivity contribution in [2.45, 2.75) is 25.7 Å². The number of H-pyrrole nitrogens is 1. The highest BCUT2D eigenvalue weighted by molar-refractivity contribution is 5.98. The summed E-state index contributed by atoms with van der Waals surface area (Å²) >= 11 is 0. The zero-order valence-electron chi connectivity index (χ0n) is 13.1. The third-order valence-corrected chi connectivity index (χ3v) is 4.03. The Labute approximate surface area is 137 Å². The fourth-order valence-electron chi connectivity index (χ4n) is 2.90. The minimum atomic E-state index is -0.739. The monoisotopic (exact) mass is 331 g/mol. The summed E-state index contributed by atoms with van der Waals surface area (Å²) in [5, 5.41) is 17.9. The highest BCUT2D eigenvalue weighted by atomic mass is 16.6. The molecule has 126 valence electrons. The van der Waals surface area contributed by atoms with Gasteiger partial charge in [0.1, 0.15) is 17.8 Å². The van der Waals surface area contributed by atoms with Crippen LogP contribution < -0.4 is 10.6 Å². The van der Waals surface area contributed by atoms with Gasteiger partial charge in [-0.05, 0) is 19.8 Å². The molecule has 2 aromatic rings. The molecule has 0 bridgehead atoms. The molecule has 0 aromatic carbocycles. The highest BCUT2D eigenvalue weighted by Crippen LogP contribution is 2.30. The molecule has 3 rings (SSSR count). The summed E-state index contributed by atoms with van der Waals surface area (Å²) in [5.41, 5.74) is 5.17. The number of nitrogens with two attached hydrogens (primary N) is 1. The summed E-state index contributed by atoms with van der Waals surface area (Å²) in [6, 6.07) is 1.17. The average molecular weight is 331 g/mol. The lowest BCUT2D eigenvalue weighted by molar-refractivity contribution is -0.385. The van der Waals surface area contributed by atoms with Gasteiger partial charge in [-0.3, -0.25) is 20.0 Å². The standard InChI is InChI=1S/C14H17N7O3/c1-8-17-13(19-18-8)9-3-2-4-20(7-9)14-11(12(15)22)5-10(6-16-14)21(23)24/h5-6,9H,2-4,7H2,1H3,(H2,15,22)(H,17,18,19). The zero-order valence-corrected chi connectivity index (χ0v) is 13.1. The van der Waals surface area contributed by atoms with E-state index in [0.717, 1.165) is 30.7 Å². The average Bonchev–Trinajstić information content (AvgIpc) is 3.01. The largest absolute Gasteiger partial charge is 0.365 e. The minimum absolute atomic E-state index is 0.0519.